The third kappa shape index (κ3) is 2.57. The van der Waals surface area contributed by atoms with Gasteiger partial charge in [0.1, 0.15) is 11.8 Å². The Morgan fingerprint density at radius 2 is 2.12 bits per heavy atom. The zero-order chi connectivity index (χ0) is 12.3. The van der Waals surface area contributed by atoms with Gasteiger partial charge in [-0.3, -0.25) is 4.79 Å². The van der Waals surface area contributed by atoms with E-state index in [1.54, 1.807) is 6.26 Å². The quantitative estimate of drug-likeness (QED) is 0.711. The number of hydrogen-bond donors (Lipinski definition) is 0. The summed E-state index contributed by atoms with van der Waals surface area (Å²) >= 11 is 0. The molecule has 90 valence electrons. The van der Waals surface area contributed by atoms with Crippen molar-refractivity contribution >= 4 is 16.8 Å². The molecule has 1 heterocycles. The van der Waals surface area contributed by atoms with Gasteiger partial charge in [0.25, 0.3) is 0 Å². The van der Waals surface area contributed by atoms with Gasteiger partial charge in [0, 0.05) is 11.8 Å². The number of hydrogen-bond acceptors (Lipinski definition) is 2. The molecule has 0 aliphatic rings. The Morgan fingerprint density at radius 3 is 2.88 bits per heavy atom. The maximum atomic E-state index is 12.1. The summed E-state index contributed by atoms with van der Waals surface area (Å²) in [5.41, 5.74) is 1.52. The maximum absolute atomic E-state index is 12.1. The van der Waals surface area contributed by atoms with Crippen molar-refractivity contribution in [2.24, 2.45) is 5.92 Å². The summed E-state index contributed by atoms with van der Waals surface area (Å²) in [6.45, 7) is 4.28. The molecule has 17 heavy (non-hydrogen) atoms. The number of furan rings is 1. The Labute approximate surface area is 102 Å². The van der Waals surface area contributed by atoms with Crippen molar-refractivity contribution in [2.45, 2.75) is 33.1 Å². The molecule has 0 aliphatic heterocycles. The molecule has 0 N–H and O–H groups in total. The van der Waals surface area contributed by atoms with E-state index in [2.05, 4.69) is 13.8 Å². The van der Waals surface area contributed by atoms with E-state index in [1.165, 1.54) is 0 Å². The summed E-state index contributed by atoms with van der Waals surface area (Å²) in [6, 6.07) is 7.68. The Bertz CT molecular complexity index is 510. The molecule has 1 unspecified atom stereocenters. The Hall–Kier alpha value is -1.57. The van der Waals surface area contributed by atoms with Crippen molar-refractivity contribution in [2.75, 3.05) is 0 Å². The van der Waals surface area contributed by atoms with E-state index in [4.69, 9.17) is 4.42 Å². The minimum absolute atomic E-state index is 0.191. The predicted molar refractivity (Wildman–Crippen MR) is 69.2 cm³/mol. The second kappa shape index (κ2) is 5.17. The van der Waals surface area contributed by atoms with Gasteiger partial charge in [-0.05, 0) is 12.0 Å². The molecule has 0 fully saturated rings. The average molecular weight is 230 g/mol. The normalized spacial score (nSPS) is 12.8. The fourth-order valence-electron chi connectivity index (χ4n) is 2.22. The molecular formula is C15H18O2. The van der Waals surface area contributed by atoms with Crippen LogP contribution in [0.3, 0.4) is 0 Å². The van der Waals surface area contributed by atoms with Crippen LogP contribution in [0.1, 0.15) is 43.5 Å². The van der Waals surface area contributed by atoms with Crippen molar-refractivity contribution in [1.82, 2.24) is 0 Å². The number of carbonyl (C=O) groups excluding carboxylic acids is 1. The first-order valence-corrected chi connectivity index (χ1v) is 6.21. The minimum Gasteiger partial charge on any atom is -0.464 e. The standard InChI is InChI=1S/C15H18O2/c1-3-6-11(2)9-14(16)13-10-17-15-8-5-4-7-12(13)15/h4-5,7-8,10-11H,3,6,9H2,1-2H3. The monoisotopic (exact) mass is 230 g/mol. The van der Waals surface area contributed by atoms with Crippen LogP contribution in [0.15, 0.2) is 34.9 Å². The fourth-order valence-corrected chi connectivity index (χ4v) is 2.22. The van der Waals surface area contributed by atoms with Gasteiger partial charge >= 0.3 is 0 Å². The molecule has 2 rings (SSSR count). The zero-order valence-electron chi connectivity index (χ0n) is 10.4. The average Bonchev–Trinajstić information content (AvgIpc) is 2.72. The van der Waals surface area contributed by atoms with Gasteiger partial charge in [0.15, 0.2) is 5.78 Å². The van der Waals surface area contributed by atoms with E-state index in [1.807, 2.05) is 24.3 Å². The van der Waals surface area contributed by atoms with Gasteiger partial charge in [0.05, 0.1) is 5.56 Å². The van der Waals surface area contributed by atoms with Crippen LogP contribution in [-0.2, 0) is 0 Å². The van der Waals surface area contributed by atoms with Gasteiger partial charge in [-0.25, -0.2) is 0 Å². The number of Topliss-reactive ketones (excluding diaryl/α,β-unsaturated/α-hetero) is 1. The molecule has 0 saturated heterocycles. The van der Waals surface area contributed by atoms with Crippen molar-refractivity contribution in [3.05, 3.63) is 36.1 Å². The van der Waals surface area contributed by atoms with E-state index in [0.717, 1.165) is 29.4 Å². The van der Waals surface area contributed by atoms with Gasteiger partial charge < -0.3 is 4.42 Å². The van der Waals surface area contributed by atoms with Gasteiger partial charge in [0.2, 0.25) is 0 Å². The molecule has 0 bridgehead atoms. The second-order valence-corrected chi connectivity index (χ2v) is 4.67. The fraction of sp³-hybridized carbons (Fsp3) is 0.400. The highest BCUT2D eigenvalue weighted by Crippen LogP contribution is 2.23. The summed E-state index contributed by atoms with van der Waals surface area (Å²) in [7, 11) is 0. The first-order chi connectivity index (χ1) is 8.22. The molecule has 2 heteroatoms. The summed E-state index contributed by atoms with van der Waals surface area (Å²) in [5, 5.41) is 0.932. The van der Waals surface area contributed by atoms with E-state index >= 15 is 0 Å². The van der Waals surface area contributed by atoms with Crippen LogP contribution < -0.4 is 0 Å². The van der Waals surface area contributed by atoms with E-state index < -0.39 is 0 Å². The van der Waals surface area contributed by atoms with E-state index in [9.17, 15) is 4.79 Å². The molecule has 0 amide bonds. The highest BCUT2D eigenvalue weighted by atomic mass is 16.3. The molecule has 2 aromatic rings. The SMILES string of the molecule is CCCC(C)CC(=O)c1coc2ccccc12. The Morgan fingerprint density at radius 1 is 1.35 bits per heavy atom. The lowest BCUT2D eigenvalue weighted by Gasteiger charge is -2.07. The van der Waals surface area contributed by atoms with Gasteiger partial charge in [-0.15, -0.1) is 0 Å². The smallest absolute Gasteiger partial charge is 0.166 e. The summed E-state index contributed by atoms with van der Waals surface area (Å²) in [5.74, 6) is 0.636. The lowest BCUT2D eigenvalue weighted by Crippen LogP contribution is -2.05. The molecule has 0 saturated carbocycles. The number of benzene rings is 1. The molecular weight excluding hydrogens is 212 g/mol. The summed E-state index contributed by atoms with van der Waals surface area (Å²) in [6.07, 6.45) is 4.42. The van der Waals surface area contributed by atoms with Crippen molar-refractivity contribution in [1.29, 1.82) is 0 Å². The summed E-state index contributed by atoms with van der Waals surface area (Å²) < 4.78 is 5.39. The van der Waals surface area contributed by atoms with Gasteiger partial charge in [-0.1, -0.05) is 44.9 Å². The van der Waals surface area contributed by atoms with Crippen LogP contribution in [0.4, 0.5) is 0 Å². The Kier molecular flexibility index (Phi) is 3.62. The Balaban J connectivity index is 2.19. The minimum atomic E-state index is 0.191. The van der Waals surface area contributed by atoms with Crippen molar-refractivity contribution < 1.29 is 9.21 Å². The van der Waals surface area contributed by atoms with Gasteiger partial charge in [-0.2, -0.15) is 0 Å². The van der Waals surface area contributed by atoms with Crippen molar-refractivity contribution in [3.8, 4) is 0 Å². The molecule has 1 aromatic carbocycles. The van der Waals surface area contributed by atoms with Crippen LogP contribution in [-0.4, -0.2) is 5.78 Å². The van der Waals surface area contributed by atoms with Crippen molar-refractivity contribution in [3.63, 3.8) is 0 Å². The third-order valence-electron chi connectivity index (χ3n) is 3.10. The van der Waals surface area contributed by atoms with Crippen LogP contribution in [0.5, 0.6) is 0 Å². The molecule has 1 aromatic heterocycles. The number of ketones is 1. The first-order valence-electron chi connectivity index (χ1n) is 6.21. The van der Waals surface area contributed by atoms with Crippen LogP contribution in [0.2, 0.25) is 0 Å². The topological polar surface area (TPSA) is 30.2 Å². The maximum Gasteiger partial charge on any atom is 0.166 e. The van der Waals surface area contributed by atoms with Crippen LogP contribution >= 0.6 is 0 Å². The van der Waals surface area contributed by atoms with Crippen LogP contribution in [0, 0.1) is 5.92 Å². The lowest BCUT2D eigenvalue weighted by molar-refractivity contribution is 0.0963. The van der Waals surface area contributed by atoms with Crippen LogP contribution in [0.25, 0.3) is 11.0 Å². The number of para-hydroxylation sites is 1. The summed E-state index contributed by atoms with van der Waals surface area (Å²) in [4.78, 5) is 12.1. The molecule has 2 nitrogen and oxygen atoms in total. The molecule has 0 spiro atoms. The number of fused-ring (bicyclic) bond motifs is 1. The molecule has 1 atom stereocenters. The molecule has 0 radical (unpaired) electrons. The van der Waals surface area contributed by atoms with E-state index in [-0.39, 0.29) is 5.78 Å². The number of rotatable bonds is 5. The second-order valence-electron chi connectivity index (χ2n) is 4.67. The predicted octanol–water partition coefficient (Wildman–Crippen LogP) is 4.44. The highest BCUT2D eigenvalue weighted by molar-refractivity contribution is 6.07. The zero-order valence-corrected chi connectivity index (χ0v) is 10.4. The molecule has 0 aliphatic carbocycles. The third-order valence-corrected chi connectivity index (χ3v) is 3.10. The van der Waals surface area contributed by atoms with E-state index in [0.29, 0.717) is 12.3 Å². The largest absolute Gasteiger partial charge is 0.464 e. The lowest BCUT2D eigenvalue weighted by atomic mass is 9.96. The number of carbonyl (C=O) groups is 1. The highest BCUT2D eigenvalue weighted by Gasteiger charge is 2.15. The first kappa shape index (κ1) is 11.9.